The monoisotopic (exact) mass is 275 g/mol. The van der Waals surface area contributed by atoms with Crippen LogP contribution in [-0.2, 0) is 21.2 Å². The van der Waals surface area contributed by atoms with Gasteiger partial charge < -0.3 is 4.84 Å². The molecular formula is C11H14ClNO3S. The first-order chi connectivity index (χ1) is 8.05. The molecule has 0 spiro atoms. The summed E-state index contributed by atoms with van der Waals surface area (Å²) < 4.78 is 24.0. The second kappa shape index (κ2) is 4.94. The molecule has 0 heterocycles. The van der Waals surface area contributed by atoms with Crippen LogP contribution < -0.4 is 5.48 Å². The second-order valence-corrected chi connectivity index (χ2v) is 6.64. The Morgan fingerprint density at radius 3 is 2.71 bits per heavy atom. The molecule has 0 aromatic heterocycles. The molecule has 0 saturated heterocycles. The summed E-state index contributed by atoms with van der Waals surface area (Å²) in [5.74, 6) is 0. The van der Waals surface area contributed by atoms with Crippen LogP contribution in [0.25, 0.3) is 0 Å². The van der Waals surface area contributed by atoms with Crippen LogP contribution in [0.5, 0.6) is 0 Å². The lowest BCUT2D eigenvalue weighted by Gasteiger charge is -2.08. The normalized spacial score (nSPS) is 16.1. The molecule has 17 heavy (non-hydrogen) atoms. The van der Waals surface area contributed by atoms with Crippen molar-refractivity contribution in [2.24, 2.45) is 0 Å². The van der Waals surface area contributed by atoms with Crippen LogP contribution in [-0.4, -0.2) is 20.8 Å². The van der Waals surface area contributed by atoms with E-state index in [1.54, 1.807) is 18.2 Å². The molecule has 0 amide bonds. The van der Waals surface area contributed by atoms with Gasteiger partial charge in [-0.25, -0.2) is 8.42 Å². The highest BCUT2D eigenvalue weighted by molar-refractivity contribution is 7.92. The molecule has 0 atom stereocenters. The maximum atomic E-state index is 12.0. The Bertz CT molecular complexity index is 511. The third kappa shape index (κ3) is 2.80. The van der Waals surface area contributed by atoms with Gasteiger partial charge in [0.2, 0.25) is 0 Å². The van der Waals surface area contributed by atoms with E-state index >= 15 is 0 Å². The summed E-state index contributed by atoms with van der Waals surface area (Å²) in [7, 11) is -1.70. The molecule has 1 aromatic rings. The van der Waals surface area contributed by atoms with E-state index in [4.69, 9.17) is 16.4 Å². The van der Waals surface area contributed by atoms with Crippen LogP contribution in [0.1, 0.15) is 18.4 Å². The Kier molecular flexibility index (Phi) is 3.73. The minimum absolute atomic E-state index is 0.233. The van der Waals surface area contributed by atoms with Crippen molar-refractivity contribution in [1.82, 2.24) is 5.48 Å². The summed E-state index contributed by atoms with van der Waals surface area (Å²) >= 11 is 6.02. The summed E-state index contributed by atoms with van der Waals surface area (Å²) in [5, 5.41) is 0.0512. The zero-order valence-corrected chi connectivity index (χ0v) is 11.0. The molecule has 6 heteroatoms. The maximum absolute atomic E-state index is 12.0. The predicted molar refractivity (Wildman–Crippen MR) is 65.5 cm³/mol. The first kappa shape index (κ1) is 12.8. The Labute approximate surface area is 106 Å². The molecule has 1 saturated carbocycles. The van der Waals surface area contributed by atoms with Crippen LogP contribution in [0.15, 0.2) is 23.1 Å². The highest BCUT2D eigenvalue weighted by atomic mass is 35.5. The molecule has 2 rings (SSSR count). The number of rotatable bonds is 5. The van der Waals surface area contributed by atoms with Crippen molar-refractivity contribution in [3.05, 3.63) is 28.8 Å². The number of hydrogen-bond acceptors (Lipinski definition) is 4. The van der Waals surface area contributed by atoms with Gasteiger partial charge in [0.05, 0.1) is 22.3 Å². The molecule has 0 aliphatic heterocycles. The standard InChI is InChI=1S/C11H14ClNO3S/c1-16-13-7-8-2-5-11(10(12)6-8)17(14,15)9-3-4-9/h2,5-6,9,13H,3-4,7H2,1H3. The quantitative estimate of drug-likeness (QED) is 0.835. The van der Waals surface area contributed by atoms with Gasteiger partial charge in [0.15, 0.2) is 9.84 Å². The molecule has 0 unspecified atom stereocenters. The Morgan fingerprint density at radius 1 is 1.47 bits per heavy atom. The molecule has 4 nitrogen and oxygen atoms in total. The molecule has 1 aliphatic carbocycles. The van der Waals surface area contributed by atoms with Crippen molar-refractivity contribution < 1.29 is 13.3 Å². The fraction of sp³-hybridized carbons (Fsp3) is 0.455. The van der Waals surface area contributed by atoms with Crippen LogP contribution in [0.4, 0.5) is 0 Å². The number of halogens is 1. The summed E-state index contributed by atoms with van der Waals surface area (Å²) in [6.07, 6.45) is 1.48. The lowest BCUT2D eigenvalue weighted by Crippen LogP contribution is -2.12. The average molecular weight is 276 g/mol. The van der Waals surface area contributed by atoms with E-state index in [2.05, 4.69) is 5.48 Å². The molecule has 0 bridgehead atoms. The van der Waals surface area contributed by atoms with Crippen molar-refractivity contribution in [1.29, 1.82) is 0 Å². The fourth-order valence-corrected chi connectivity index (χ4v) is 3.83. The van der Waals surface area contributed by atoms with Gasteiger partial charge in [-0.05, 0) is 30.5 Å². The topological polar surface area (TPSA) is 55.4 Å². The lowest BCUT2D eigenvalue weighted by atomic mass is 10.2. The summed E-state index contributed by atoms with van der Waals surface area (Å²) in [6.45, 7) is 0.486. The molecule has 0 radical (unpaired) electrons. The Balaban J connectivity index is 2.25. The van der Waals surface area contributed by atoms with Gasteiger partial charge in [0, 0.05) is 6.54 Å². The Morgan fingerprint density at radius 2 is 2.18 bits per heavy atom. The second-order valence-electron chi connectivity index (χ2n) is 4.03. The molecule has 1 aromatic carbocycles. The van der Waals surface area contributed by atoms with Crippen molar-refractivity contribution in [3.63, 3.8) is 0 Å². The molecule has 1 N–H and O–H groups in total. The van der Waals surface area contributed by atoms with Gasteiger partial charge >= 0.3 is 0 Å². The molecule has 94 valence electrons. The summed E-state index contributed by atoms with van der Waals surface area (Å²) in [5.41, 5.74) is 3.56. The van der Waals surface area contributed by atoms with Gasteiger partial charge in [-0.2, -0.15) is 5.48 Å². The summed E-state index contributed by atoms with van der Waals surface area (Å²) in [4.78, 5) is 4.96. The van der Waals surface area contributed by atoms with Crippen molar-refractivity contribution in [2.75, 3.05) is 7.11 Å². The highest BCUT2D eigenvalue weighted by Crippen LogP contribution is 2.36. The van der Waals surface area contributed by atoms with Gasteiger partial charge in [0.1, 0.15) is 0 Å². The van der Waals surface area contributed by atoms with Gasteiger partial charge in [-0.1, -0.05) is 17.7 Å². The molecular weight excluding hydrogens is 262 g/mol. The fourth-order valence-electron chi connectivity index (χ4n) is 1.60. The number of nitrogens with one attached hydrogen (secondary N) is 1. The van der Waals surface area contributed by atoms with Crippen molar-refractivity contribution >= 4 is 21.4 Å². The van der Waals surface area contributed by atoms with Crippen LogP contribution in [0.3, 0.4) is 0 Å². The van der Waals surface area contributed by atoms with E-state index in [1.165, 1.54) is 7.11 Å². The Hall–Kier alpha value is -0.620. The minimum Gasteiger partial charge on any atom is -0.305 e. The molecule has 1 fully saturated rings. The minimum atomic E-state index is -3.22. The van der Waals surface area contributed by atoms with E-state index in [-0.39, 0.29) is 15.2 Å². The maximum Gasteiger partial charge on any atom is 0.182 e. The largest absolute Gasteiger partial charge is 0.305 e. The van der Waals surface area contributed by atoms with Crippen molar-refractivity contribution in [2.45, 2.75) is 29.5 Å². The van der Waals surface area contributed by atoms with E-state index in [1.807, 2.05) is 0 Å². The third-order valence-corrected chi connectivity index (χ3v) is 5.43. The first-order valence-corrected chi connectivity index (χ1v) is 7.26. The number of hydrogen-bond donors (Lipinski definition) is 1. The molecule has 1 aliphatic rings. The third-order valence-electron chi connectivity index (χ3n) is 2.69. The zero-order valence-electron chi connectivity index (χ0n) is 9.44. The van der Waals surface area contributed by atoms with E-state index in [9.17, 15) is 8.42 Å². The van der Waals surface area contributed by atoms with Crippen LogP contribution in [0, 0.1) is 0 Å². The highest BCUT2D eigenvalue weighted by Gasteiger charge is 2.37. The van der Waals surface area contributed by atoms with Gasteiger partial charge in [0.25, 0.3) is 0 Å². The van der Waals surface area contributed by atoms with Gasteiger partial charge in [-0.15, -0.1) is 0 Å². The SMILES string of the molecule is CONCc1ccc(S(=O)(=O)C2CC2)c(Cl)c1. The van der Waals surface area contributed by atoms with E-state index < -0.39 is 9.84 Å². The predicted octanol–water partition coefficient (Wildman–Crippen LogP) is 1.93. The van der Waals surface area contributed by atoms with E-state index in [0.717, 1.165) is 18.4 Å². The lowest BCUT2D eigenvalue weighted by molar-refractivity contribution is 0.0867. The first-order valence-electron chi connectivity index (χ1n) is 5.34. The number of sulfone groups is 1. The number of hydroxylamine groups is 1. The zero-order chi connectivity index (χ0) is 12.5. The smallest absolute Gasteiger partial charge is 0.182 e. The van der Waals surface area contributed by atoms with E-state index in [0.29, 0.717) is 6.54 Å². The number of benzene rings is 1. The average Bonchev–Trinajstić information content (AvgIpc) is 3.10. The van der Waals surface area contributed by atoms with Gasteiger partial charge in [-0.3, -0.25) is 0 Å². The van der Waals surface area contributed by atoms with Crippen molar-refractivity contribution in [3.8, 4) is 0 Å². The van der Waals surface area contributed by atoms with Crippen LogP contribution >= 0.6 is 11.6 Å². The summed E-state index contributed by atoms with van der Waals surface area (Å²) in [6, 6.07) is 4.97. The van der Waals surface area contributed by atoms with Crippen LogP contribution in [0.2, 0.25) is 5.02 Å².